The molecule has 0 radical (unpaired) electrons. The van der Waals surface area contributed by atoms with Crippen molar-refractivity contribution in [3.8, 4) is 0 Å². The van der Waals surface area contributed by atoms with E-state index in [2.05, 4.69) is 20.5 Å². The smallest absolute Gasteiger partial charge is 0.345 e. The van der Waals surface area contributed by atoms with Gasteiger partial charge < -0.3 is 19.7 Å². The van der Waals surface area contributed by atoms with Gasteiger partial charge in [-0.3, -0.25) is 24.5 Å². The van der Waals surface area contributed by atoms with Crippen molar-refractivity contribution in [1.82, 2.24) is 4.98 Å². The SMILES string of the molecule is CC(=O)OCCN(CCOC(C)=O)c1ccc(N=Nc2ncc([N+](=O)[O-])s2)c(NC(=O)c2ccccc2)c1. The van der Waals surface area contributed by atoms with Crippen molar-refractivity contribution in [2.24, 2.45) is 10.2 Å². The summed E-state index contributed by atoms with van der Waals surface area (Å²) in [5.41, 5.74) is 1.61. The first-order valence-electron chi connectivity index (χ1n) is 11.3. The average molecular weight is 541 g/mol. The highest BCUT2D eigenvalue weighted by atomic mass is 32.1. The number of esters is 2. The van der Waals surface area contributed by atoms with Crippen molar-refractivity contribution in [2.45, 2.75) is 13.8 Å². The van der Waals surface area contributed by atoms with Crippen LogP contribution in [0, 0.1) is 10.1 Å². The Kier molecular flexibility index (Phi) is 9.93. The highest BCUT2D eigenvalue weighted by Crippen LogP contribution is 2.34. The van der Waals surface area contributed by atoms with E-state index in [9.17, 15) is 24.5 Å². The van der Waals surface area contributed by atoms with Gasteiger partial charge in [0.05, 0.1) is 23.7 Å². The normalized spacial score (nSPS) is 10.7. The van der Waals surface area contributed by atoms with E-state index >= 15 is 0 Å². The maximum Gasteiger partial charge on any atom is 0.345 e. The van der Waals surface area contributed by atoms with Gasteiger partial charge in [-0.25, -0.2) is 4.98 Å². The maximum absolute atomic E-state index is 12.9. The lowest BCUT2D eigenvalue weighted by molar-refractivity contribution is -0.380. The molecule has 14 heteroatoms. The number of azo groups is 1. The van der Waals surface area contributed by atoms with Crippen LogP contribution >= 0.6 is 11.3 Å². The molecular formula is C24H24N6O7S. The van der Waals surface area contributed by atoms with E-state index in [0.717, 1.165) is 17.5 Å². The molecule has 0 bridgehead atoms. The third kappa shape index (κ3) is 8.44. The Bertz CT molecular complexity index is 1310. The zero-order valence-corrected chi connectivity index (χ0v) is 21.3. The zero-order valence-electron chi connectivity index (χ0n) is 20.5. The van der Waals surface area contributed by atoms with Gasteiger partial charge in [-0.2, -0.15) is 0 Å². The molecule has 0 fully saturated rings. The van der Waals surface area contributed by atoms with Gasteiger partial charge >= 0.3 is 16.9 Å². The molecule has 198 valence electrons. The van der Waals surface area contributed by atoms with E-state index in [4.69, 9.17) is 9.47 Å². The van der Waals surface area contributed by atoms with Crippen LogP contribution in [-0.2, 0) is 19.1 Å². The van der Waals surface area contributed by atoms with Gasteiger partial charge in [-0.1, -0.05) is 18.2 Å². The second-order valence-corrected chi connectivity index (χ2v) is 8.61. The lowest BCUT2D eigenvalue weighted by Gasteiger charge is -2.25. The summed E-state index contributed by atoms with van der Waals surface area (Å²) in [6, 6.07) is 13.5. The van der Waals surface area contributed by atoms with Gasteiger partial charge in [0.1, 0.15) is 25.1 Å². The Morgan fingerprint density at radius 3 is 2.26 bits per heavy atom. The number of anilines is 2. The van der Waals surface area contributed by atoms with Gasteiger partial charge in [0.25, 0.3) is 5.91 Å². The number of carbonyl (C=O) groups excluding carboxylic acids is 3. The summed E-state index contributed by atoms with van der Waals surface area (Å²) in [6.45, 7) is 3.36. The fraction of sp³-hybridized carbons (Fsp3) is 0.250. The third-order valence-electron chi connectivity index (χ3n) is 4.87. The number of nitrogens with one attached hydrogen (secondary N) is 1. The molecule has 0 unspecified atom stereocenters. The fourth-order valence-electron chi connectivity index (χ4n) is 3.15. The third-order valence-corrected chi connectivity index (χ3v) is 5.70. The van der Waals surface area contributed by atoms with Crippen LogP contribution in [-0.4, -0.2) is 54.1 Å². The molecule has 0 saturated heterocycles. The van der Waals surface area contributed by atoms with Gasteiger partial charge in [0, 0.05) is 25.1 Å². The summed E-state index contributed by atoms with van der Waals surface area (Å²) in [4.78, 5) is 51.4. The molecule has 0 spiro atoms. The molecule has 13 nitrogen and oxygen atoms in total. The lowest BCUT2D eigenvalue weighted by atomic mass is 10.2. The van der Waals surface area contributed by atoms with E-state index in [0.29, 0.717) is 16.9 Å². The van der Waals surface area contributed by atoms with Crippen LogP contribution in [0.3, 0.4) is 0 Å². The molecule has 1 heterocycles. The first-order chi connectivity index (χ1) is 18.2. The quantitative estimate of drug-likeness (QED) is 0.149. The molecule has 0 aliphatic heterocycles. The second-order valence-electron chi connectivity index (χ2n) is 7.63. The largest absolute Gasteiger partial charge is 0.464 e. The summed E-state index contributed by atoms with van der Waals surface area (Å²) in [6.07, 6.45) is 1.09. The molecule has 3 aromatic rings. The predicted molar refractivity (Wildman–Crippen MR) is 139 cm³/mol. The molecule has 0 aliphatic rings. The van der Waals surface area contributed by atoms with Crippen molar-refractivity contribution in [3.05, 3.63) is 70.4 Å². The molecule has 1 aromatic heterocycles. The summed E-state index contributed by atoms with van der Waals surface area (Å²) < 4.78 is 10.1. The van der Waals surface area contributed by atoms with Crippen LogP contribution < -0.4 is 10.2 Å². The van der Waals surface area contributed by atoms with Crippen molar-refractivity contribution < 1.29 is 28.8 Å². The standard InChI is InChI=1S/C24H24N6O7S/c1-16(31)36-12-10-29(11-13-37-17(2)32)19-8-9-20(27-28-24-25-15-22(38-24)30(34)35)21(14-19)26-23(33)18-6-4-3-5-7-18/h3-9,14-15H,10-13H2,1-2H3,(H,26,33). The van der Waals surface area contributed by atoms with Crippen molar-refractivity contribution in [3.63, 3.8) is 0 Å². The number of hydrogen-bond donors (Lipinski definition) is 1. The summed E-state index contributed by atoms with van der Waals surface area (Å²) in [5.74, 6) is -1.26. The Balaban J connectivity index is 1.92. The minimum atomic E-state index is -0.572. The number of carbonyl (C=O) groups is 3. The highest BCUT2D eigenvalue weighted by Gasteiger charge is 2.15. The maximum atomic E-state index is 12.9. The molecule has 0 atom stereocenters. The molecule has 3 rings (SSSR count). The van der Waals surface area contributed by atoms with Gasteiger partial charge in [0.15, 0.2) is 0 Å². The topological polar surface area (TPSA) is 166 Å². The van der Waals surface area contributed by atoms with Crippen molar-refractivity contribution in [2.75, 3.05) is 36.5 Å². The summed E-state index contributed by atoms with van der Waals surface area (Å²) in [5, 5.41) is 21.8. The number of aromatic nitrogens is 1. The van der Waals surface area contributed by atoms with Crippen LogP contribution in [0.5, 0.6) is 0 Å². The summed E-state index contributed by atoms with van der Waals surface area (Å²) in [7, 11) is 0. The Labute approximate surface area is 221 Å². The van der Waals surface area contributed by atoms with E-state index in [-0.39, 0.29) is 42.1 Å². The van der Waals surface area contributed by atoms with E-state index < -0.39 is 22.8 Å². The number of thiazole rings is 1. The number of rotatable bonds is 12. The number of nitro groups is 1. The van der Waals surface area contributed by atoms with Gasteiger partial charge in [-0.15, -0.1) is 10.2 Å². The minimum absolute atomic E-state index is 0.0745. The van der Waals surface area contributed by atoms with E-state index in [1.54, 1.807) is 48.5 Å². The van der Waals surface area contributed by atoms with Crippen LogP contribution in [0.4, 0.5) is 27.2 Å². The number of hydrogen-bond acceptors (Lipinski definition) is 12. The molecule has 0 saturated carbocycles. The Hall–Kier alpha value is -4.72. The van der Waals surface area contributed by atoms with Crippen LogP contribution in [0.2, 0.25) is 0 Å². The van der Waals surface area contributed by atoms with Gasteiger partial charge in [0.2, 0.25) is 5.13 Å². The van der Waals surface area contributed by atoms with Crippen LogP contribution in [0.25, 0.3) is 0 Å². The number of amides is 1. The molecule has 2 aromatic carbocycles. The summed E-state index contributed by atoms with van der Waals surface area (Å²) >= 11 is 0.759. The molecular weight excluding hydrogens is 516 g/mol. The molecule has 1 amide bonds. The average Bonchev–Trinajstić information content (AvgIpc) is 3.37. The lowest BCUT2D eigenvalue weighted by Crippen LogP contribution is -2.32. The Morgan fingerprint density at radius 2 is 1.68 bits per heavy atom. The first-order valence-corrected chi connectivity index (χ1v) is 12.1. The number of nitrogens with zero attached hydrogens (tertiary/aromatic N) is 5. The zero-order chi connectivity index (χ0) is 27.5. The minimum Gasteiger partial charge on any atom is -0.464 e. The first kappa shape index (κ1) is 27.9. The number of benzene rings is 2. The Morgan fingerprint density at radius 1 is 1.03 bits per heavy atom. The molecule has 1 N–H and O–H groups in total. The van der Waals surface area contributed by atoms with E-state index in [1.807, 2.05) is 4.90 Å². The monoisotopic (exact) mass is 540 g/mol. The van der Waals surface area contributed by atoms with E-state index in [1.165, 1.54) is 13.8 Å². The molecule has 0 aliphatic carbocycles. The van der Waals surface area contributed by atoms with Crippen LogP contribution in [0.1, 0.15) is 24.2 Å². The van der Waals surface area contributed by atoms with Gasteiger partial charge in [-0.05, 0) is 41.7 Å². The highest BCUT2D eigenvalue weighted by molar-refractivity contribution is 7.18. The molecule has 38 heavy (non-hydrogen) atoms. The fourth-order valence-corrected chi connectivity index (χ4v) is 3.70. The predicted octanol–water partition coefficient (Wildman–Crippen LogP) is 4.65. The van der Waals surface area contributed by atoms with Crippen molar-refractivity contribution in [1.29, 1.82) is 0 Å². The van der Waals surface area contributed by atoms with Crippen molar-refractivity contribution >= 4 is 56.4 Å². The number of ether oxygens (including phenoxy) is 2. The second kappa shape index (κ2) is 13.5. The van der Waals surface area contributed by atoms with Crippen LogP contribution in [0.15, 0.2) is 65.0 Å².